The van der Waals surface area contributed by atoms with Gasteiger partial charge in [0.25, 0.3) is 5.91 Å². The summed E-state index contributed by atoms with van der Waals surface area (Å²) >= 11 is 0. The van der Waals surface area contributed by atoms with Crippen molar-refractivity contribution in [2.45, 2.75) is 25.9 Å². The van der Waals surface area contributed by atoms with E-state index in [1.165, 1.54) is 0 Å². The Labute approximate surface area is 119 Å². The van der Waals surface area contributed by atoms with Crippen LogP contribution in [0.25, 0.3) is 0 Å². The van der Waals surface area contributed by atoms with Crippen LogP contribution in [0.1, 0.15) is 34.3 Å². The molecule has 4 nitrogen and oxygen atoms in total. The van der Waals surface area contributed by atoms with Crippen LogP contribution in [0.15, 0.2) is 18.2 Å². The van der Waals surface area contributed by atoms with Gasteiger partial charge in [-0.25, -0.2) is 0 Å². The minimum Gasteiger partial charge on any atom is -0.393 e. The van der Waals surface area contributed by atoms with Crippen molar-refractivity contribution < 1.29 is 15.0 Å². The third-order valence-corrected chi connectivity index (χ3v) is 3.54. The number of hydrogen-bond donors (Lipinski definition) is 2. The van der Waals surface area contributed by atoms with E-state index in [4.69, 9.17) is 5.11 Å². The largest absolute Gasteiger partial charge is 0.393 e. The number of piperidine rings is 1. The van der Waals surface area contributed by atoms with Gasteiger partial charge in [0.1, 0.15) is 6.61 Å². The maximum atomic E-state index is 12.4. The molecule has 1 amide bonds. The monoisotopic (exact) mass is 273 g/mol. The molecule has 2 rings (SSSR count). The summed E-state index contributed by atoms with van der Waals surface area (Å²) in [5.41, 5.74) is 2.35. The Bertz CT molecular complexity index is 549. The molecule has 2 N–H and O–H groups in total. The quantitative estimate of drug-likeness (QED) is 0.749. The molecule has 0 atom stereocenters. The van der Waals surface area contributed by atoms with Gasteiger partial charge in [-0.15, -0.1) is 0 Å². The van der Waals surface area contributed by atoms with Crippen molar-refractivity contribution in [2.75, 3.05) is 19.7 Å². The van der Waals surface area contributed by atoms with E-state index < -0.39 is 0 Å². The number of benzene rings is 1. The lowest BCUT2D eigenvalue weighted by Crippen LogP contribution is -2.40. The van der Waals surface area contributed by atoms with Gasteiger partial charge in [0.05, 0.1) is 6.10 Å². The van der Waals surface area contributed by atoms with Crippen LogP contribution in [0.3, 0.4) is 0 Å². The zero-order chi connectivity index (χ0) is 14.5. The molecule has 0 unspecified atom stereocenters. The number of likely N-dealkylation sites (tertiary alicyclic amines) is 1. The van der Waals surface area contributed by atoms with Gasteiger partial charge in [0, 0.05) is 24.2 Å². The van der Waals surface area contributed by atoms with Crippen LogP contribution in [0, 0.1) is 18.8 Å². The van der Waals surface area contributed by atoms with Crippen LogP contribution in [0.4, 0.5) is 0 Å². The maximum Gasteiger partial charge on any atom is 0.253 e. The van der Waals surface area contributed by atoms with E-state index in [9.17, 15) is 9.90 Å². The molecule has 0 bridgehead atoms. The van der Waals surface area contributed by atoms with Crippen molar-refractivity contribution in [3.05, 3.63) is 34.9 Å². The molecule has 1 fully saturated rings. The first kappa shape index (κ1) is 14.6. The number of rotatable bonds is 1. The molecular weight excluding hydrogens is 254 g/mol. The number of carbonyl (C=O) groups excluding carboxylic acids is 1. The van der Waals surface area contributed by atoms with Crippen LogP contribution in [-0.2, 0) is 0 Å². The third kappa shape index (κ3) is 3.38. The van der Waals surface area contributed by atoms with Crippen LogP contribution in [-0.4, -0.2) is 46.8 Å². The van der Waals surface area contributed by atoms with Crippen molar-refractivity contribution in [3.63, 3.8) is 0 Å². The molecule has 1 aromatic carbocycles. The number of hydrogen-bond acceptors (Lipinski definition) is 3. The smallest absolute Gasteiger partial charge is 0.253 e. The number of carbonyl (C=O) groups is 1. The van der Waals surface area contributed by atoms with Crippen LogP contribution >= 0.6 is 0 Å². The van der Waals surface area contributed by atoms with E-state index >= 15 is 0 Å². The highest BCUT2D eigenvalue weighted by atomic mass is 16.3. The zero-order valence-electron chi connectivity index (χ0n) is 11.6. The summed E-state index contributed by atoms with van der Waals surface area (Å²) in [6.45, 7) is 2.91. The van der Waals surface area contributed by atoms with Crippen LogP contribution in [0.2, 0.25) is 0 Å². The van der Waals surface area contributed by atoms with E-state index in [1.54, 1.807) is 17.0 Å². The van der Waals surface area contributed by atoms with Crippen molar-refractivity contribution >= 4 is 5.91 Å². The molecular formula is C16H19NO3. The molecule has 0 spiro atoms. The lowest BCUT2D eigenvalue weighted by atomic mass is 10.0. The van der Waals surface area contributed by atoms with E-state index in [1.807, 2.05) is 13.0 Å². The van der Waals surface area contributed by atoms with Gasteiger partial charge in [-0.2, -0.15) is 0 Å². The summed E-state index contributed by atoms with van der Waals surface area (Å²) in [6.07, 6.45) is 0.979. The maximum absolute atomic E-state index is 12.4. The molecule has 20 heavy (non-hydrogen) atoms. The van der Waals surface area contributed by atoms with Gasteiger partial charge in [0.15, 0.2) is 0 Å². The van der Waals surface area contributed by atoms with E-state index in [-0.39, 0.29) is 18.6 Å². The average Bonchev–Trinajstić information content (AvgIpc) is 2.46. The first-order valence-corrected chi connectivity index (χ1v) is 6.79. The van der Waals surface area contributed by atoms with Gasteiger partial charge in [-0.3, -0.25) is 4.79 Å². The second-order valence-corrected chi connectivity index (χ2v) is 5.01. The Kier molecular flexibility index (Phi) is 4.78. The summed E-state index contributed by atoms with van der Waals surface area (Å²) in [6, 6.07) is 5.44. The first-order chi connectivity index (χ1) is 9.61. The lowest BCUT2D eigenvalue weighted by molar-refractivity contribution is 0.0546. The summed E-state index contributed by atoms with van der Waals surface area (Å²) < 4.78 is 0. The second kappa shape index (κ2) is 6.56. The molecule has 0 aliphatic carbocycles. The van der Waals surface area contributed by atoms with Crippen LogP contribution < -0.4 is 0 Å². The van der Waals surface area contributed by atoms with Gasteiger partial charge < -0.3 is 15.1 Å². The molecule has 1 heterocycles. The van der Waals surface area contributed by atoms with Gasteiger partial charge in [-0.05, 0) is 37.5 Å². The van der Waals surface area contributed by atoms with Crippen LogP contribution in [0.5, 0.6) is 0 Å². The Morgan fingerprint density at radius 1 is 1.40 bits per heavy atom. The highest BCUT2D eigenvalue weighted by Crippen LogP contribution is 2.16. The fourth-order valence-electron chi connectivity index (χ4n) is 2.28. The molecule has 106 valence electrons. The Morgan fingerprint density at radius 2 is 2.10 bits per heavy atom. The average molecular weight is 273 g/mol. The Hall–Kier alpha value is -1.83. The molecule has 1 aliphatic heterocycles. The molecule has 0 aromatic heterocycles. The summed E-state index contributed by atoms with van der Waals surface area (Å²) in [5, 5.41) is 18.2. The van der Waals surface area contributed by atoms with Gasteiger partial charge in [-0.1, -0.05) is 17.9 Å². The topological polar surface area (TPSA) is 60.8 Å². The highest BCUT2D eigenvalue weighted by Gasteiger charge is 2.22. The minimum absolute atomic E-state index is 0.0241. The summed E-state index contributed by atoms with van der Waals surface area (Å²) in [7, 11) is 0. The lowest BCUT2D eigenvalue weighted by Gasteiger charge is -2.29. The summed E-state index contributed by atoms with van der Waals surface area (Å²) in [5.74, 6) is 5.44. The fourth-order valence-corrected chi connectivity index (χ4v) is 2.28. The minimum atomic E-state index is -0.289. The second-order valence-electron chi connectivity index (χ2n) is 5.01. The number of aliphatic hydroxyl groups excluding tert-OH is 2. The molecule has 0 saturated carbocycles. The molecule has 1 saturated heterocycles. The van der Waals surface area contributed by atoms with Gasteiger partial charge in [0.2, 0.25) is 0 Å². The predicted molar refractivity (Wildman–Crippen MR) is 76.3 cm³/mol. The van der Waals surface area contributed by atoms with Crippen molar-refractivity contribution in [3.8, 4) is 11.8 Å². The molecule has 1 aromatic rings. The normalized spacial score (nSPS) is 15.7. The number of aryl methyl sites for hydroxylation is 1. The zero-order valence-corrected chi connectivity index (χ0v) is 11.6. The molecule has 1 aliphatic rings. The summed E-state index contributed by atoms with van der Waals surface area (Å²) in [4.78, 5) is 14.2. The standard InChI is InChI=1S/C16H19NO3/c1-12-4-5-14(11-13(12)3-2-10-18)16(20)17-8-6-15(19)7-9-17/h4-5,11,15,18-19H,6-10H2,1H3. The number of nitrogens with zero attached hydrogens (tertiary/aromatic N) is 1. The SMILES string of the molecule is Cc1ccc(C(=O)N2CCC(O)CC2)cc1C#CCO. The third-order valence-electron chi connectivity index (χ3n) is 3.54. The number of aliphatic hydroxyl groups is 2. The van der Waals surface area contributed by atoms with Crippen molar-refractivity contribution in [1.29, 1.82) is 0 Å². The van der Waals surface area contributed by atoms with E-state index in [0.717, 1.165) is 11.1 Å². The van der Waals surface area contributed by atoms with Gasteiger partial charge >= 0.3 is 0 Å². The van der Waals surface area contributed by atoms with E-state index in [0.29, 0.717) is 31.5 Å². The number of amides is 1. The predicted octanol–water partition coefficient (Wildman–Crippen LogP) is 0.936. The Morgan fingerprint density at radius 3 is 2.75 bits per heavy atom. The molecule has 4 heteroatoms. The first-order valence-electron chi connectivity index (χ1n) is 6.79. The highest BCUT2D eigenvalue weighted by molar-refractivity contribution is 5.94. The van der Waals surface area contributed by atoms with E-state index in [2.05, 4.69) is 11.8 Å². The Balaban J connectivity index is 2.18. The molecule has 0 radical (unpaired) electrons. The van der Waals surface area contributed by atoms with Crippen molar-refractivity contribution in [2.24, 2.45) is 0 Å². The van der Waals surface area contributed by atoms with Crippen molar-refractivity contribution in [1.82, 2.24) is 4.90 Å². The fraction of sp³-hybridized carbons (Fsp3) is 0.438.